The number of aryl methyl sites for hydroxylation is 1. The minimum atomic E-state index is -0.197. The lowest BCUT2D eigenvalue weighted by Crippen LogP contribution is -2.50. The lowest BCUT2D eigenvalue weighted by Gasteiger charge is -2.39. The van der Waals surface area contributed by atoms with Gasteiger partial charge in [0.2, 0.25) is 0 Å². The summed E-state index contributed by atoms with van der Waals surface area (Å²) in [6, 6.07) is 3.97. The molecule has 2 atom stereocenters. The number of thiocarbonyl (C=S) groups is 1. The van der Waals surface area contributed by atoms with Crippen LogP contribution in [0.4, 0.5) is 5.82 Å². The van der Waals surface area contributed by atoms with Crippen molar-refractivity contribution in [1.29, 1.82) is 0 Å². The topological polar surface area (TPSA) is 71.6 Å². The summed E-state index contributed by atoms with van der Waals surface area (Å²) in [5.41, 5.74) is 7.45. The Morgan fingerprint density at radius 2 is 2.37 bits per heavy atom. The van der Waals surface area contributed by atoms with E-state index in [0.29, 0.717) is 18.1 Å². The summed E-state index contributed by atoms with van der Waals surface area (Å²) < 4.78 is 5.54. The molecule has 6 heteroatoms. The Morgan fingerprint density at radius 3 is 3.00 bits per heavy atom. The van der Waals surface area contributed by atoms with Gasteiger partial charge in [-0.3, -0.25) is 0 Å². The maximum absolute atomic E-state index is 9.25. The molecule has 5 nitrogen and oxygen atoms in total. The van der Waals surface area contributed by atoms with Gasteiger partial charge in [0.05, 0.1) is 30.9 Å². The molecule has 104 valence electrons. The van der Waals surface area contributed by atoms with E-state index in [1.54, 1.807) is 0 Å². The smallest absolute Gasteiger partial charge is 0.139 e. The lowest BCUT2D eigenvalue weighted by molar-refractivity contribution is -0.0105. The van der Waals surface area contributed by atoms with E-state index in [1.165, 1.54) is 0 Å². The zero-order valence-electron chi connectivity index (χ0n) is 11.2. The van der Waals surface area contributed by atoms with Crippen LogP contribution in [0.3, 0.4) is 0 Å². The number of aromatic nitrogens is 1. The maximum atomic E-state index is 9.25. The van der Waals surface area contributed by atoms with Gasteiger partial charge < -0.3 is 20.5 Å². The highest BCUT2D eigenvalue weighted by molar-refractivity contribution is 7.80. The molecule has 2 unspecified atom stereocenters. The van der Waals surface area contributed by atoms with Gasteiger partial charge in [0.15, 0.2) is 0 Å². The lowest BCUT2D eigenvalue weighted by atomic mass is 10.1. The molecule has 1 aromatic heterocycles. The first kappa shape index (κ1) is 14.2. The molecule has 1 aromatic rings. The van der Waals surface area contributed by atoms with Crippen LogP contribution in [0.5, 0.6) is 0 Å². The number of ether oxygens (including phenoxy) is 1. The number of anilines is 1. The minimum absolute atomic E-state index is 0.00254. The Morgan fingerprint density at radius 1 is 1.63 bits per heavy atom. The van der Waals surface area contributed by atoms with Crippen LogP contribution in [0, 0.1) is 6.92 Å². The van der Waals surface area contributed by atoms with Crippen LogP contribution in [0.25, 0.3) is 0 Å². The molecule has 3 N–H and O–H groups in total. The van der Waals surface area contributed by atoms with E-state index >= 15 is 0 Å². The van der Waals surface area contributed by atoms with Gasteiger partial charge in [0.25, 0.3) is 0 Å². The third-order valence-corrected chi connectivity index (χ3v) is 3.48. The number of aliphatic hydroxyl groups excluding tert-OH is 1. The molecule has 0 aliphatic carbocycles. The number of aliphatic hydroxyl groups is 1. The molecule has 0 radical (unpaired) electrons. The van der Waals surface area contributed by atoms with Crippen LogP contribution < -0.4 is 10.6 Å². The summed E-state index contributed by atoms with van der Waals surface area (Å²) in [4.78, 5) is 7.00. The summed E-state index contributed by atoms with van der Waals surface area (Å²) in [5.74, 6) is 0.779. The highest BCUT2D eigenvalue weighted by Gasteiger charge is 2.28. The van der Waals surface area contributed by atoms with Gasteiger partial charge in [-0.2, -0.15) is 0 Å². The van der Waals surface area contributed by atoms with Gasteiger partial charge in [0.1, 0.15) is 10.8 Å². The first-order chi connectivity index (χ1) is 9.02. The Labute approximate surface area is 118 Å². The van der Waals surface area contributed by atoms with Crippen molar-refractivity contribution in [1.82, 2.24) is 4.98 Å². The van der Waals surface area contributed by atoms with Crippen molar-refractivity contribution in [3.63, 3.8) is 0 Å². The van der Waals surface area contributed by atoms with Gasteiger partial charge >= 0.3 is 0 Å². The second-order valence-corrected chi connectivity index (χ2v) is 5.27. The molecular formula is C13H19N3O2S. The Hall–Kier alpha value is -1.24. The van der Waals surface area contributed by atoms with E-state index in [0.717, 1.165) is 17.1 Å². The van der Waals surface area contributed by atoms with Crippen LogP contribution in [0.2, 0.25) is 0 Å². The Kier molecular flexibility index (Phi) is 4.34. The van der Waals surface area contributed by atoms with Crippen LogP contribution in [0.1, 0.15) is 18.2 Å². The zero-order chi connectivity index (χ0) is 14.0. The zero-order valence-corrected chi connectivity index (χ0v) is 12.0. The maximum Gasteiger partial charge on any atom is 0.139 e. The molecule has 1 aliphatic rings. The van der Waals surface area contributed by atoms with Crippen LogP contribution >= 0.6 is 12.2 Å². The Bertz CT molecular complexity index is 481. The highest BCUT2D eigenvalue weighted by Crippen LogP contribution is 2.24. The molecule has 0 aromatic carbocycles. The largest absolute Gasteiger partial charge is 0.394 e. The van der Waals surface area contributed by atoms with E-state index in [9.17, 15) is 5.11 Å². The molecule has 2 heterocycles. The number of pyridine rings is 1. The highest BCUT2D eigenvalue weighted by atomic mass is 32.1. The quantitative estimate of drug-likeness (QED) is 0.791. The normalized spacial score (nSPS) is 23.4. The van der Waals surface area contributed by atoms with Crippen molar-refractivity contribution >= 4 is 23.0 Å². The van der Waals surface area contributed by atoms with E-state index in [2.05, 4.69) is 16.8 Å². The van der Waals surface area contributed by atoms with Gasteiger partial charge in [-0.25, -0.2) is 4.98 Å². The van der Waals surface area contributed by atoms with E-state index in [-0.39, 0.29) is 18.8 Å². The van der Waals surface area contributed by atoms with Crippen molar-refractivity contribution in [2.75, 3.05) is 24.7 Å². The van der Waals surface area contributed by atoms with E-state index < -0.39 is 0 Å². The average molecular weight is 281 g/mol. The number of rotatable bonds is 3. The van der Waals surface area contributed by atoms with Crippen molar-refractivity contribution in [3.8, 4) is 0 Å². The first-order valence-corrected chi connectivity index (χ1v) is 6.70. The van der Waals surface area contributed by atoms with Gasteiger partial charge in [-0.05, 0) is 26.0 Å². The van der Waals surface area contributed by atoms with E-state index in [1.807, 2.05) is 19.1 Å². The molecule has 1 fully saturated rings. The van der Waals surface area contributed by atoms with E-state index in [4.69, 9.17) is 22.7 Å². The molecular weight excluding hydrogens is 262 g/mol. The first-order valence-electron chi connectivity index (χ1n) is 6.29. The molecule has 0 saturated carbocycles. The van der Waals surface area contributed by atoms with Crippen molar-refractivity contribution < 1.29 is 9.84 Å². The summed E-state index contributed by atoms with van der Waals surface area (Å²) in [5, 5.41) is 9.25. The predicted molar refractivity (Wildman–Crippen MR) is 78.5 cm³/mol. The fourth-order valence-corrected chi connectivity index (χ4v) is 2.34. The number of nitrogens with zero attached hydrogens (tertiary/aromatic N) is 2. The number of hydrogen-bond acceptors (Lipinski definition) is 5. The van der Waals surface area contributed by atoms with Gasteiger partial charge in [-0.15, -0.1) is 0 Å². The van der Waals surface area contributed by atoms with Crippen LogP contribution in [-0.2, 0) is 4.74 Å². The minimum Gasteiger partial charge on any atom is -0.394 e. The second kappa shape index (κ2) is 5.81. The standard InChI is InChI=1S/C13H19N3O2S/c1-8-3-4-11(12(14)19)13(15-8)16-5-10(6-17)18-7-9(16)2/h3-4,9-10,17H,5-7H2,1-2H3,(H2,14,19). The SMILES string of the molecule is Cc1ccc(C(N)=S)c(N2CC(CO)OCC2C)n1. The van der Waals surface area contributed by atoms with Crippen LogP contribution in [0.15, 0.2) is 12.1 Å². The number of nitrogens with two attached hydrogens (primary N) is 1. The number of hydrogen-bond donors (Lipinski definition) is 2. The average Bonchev–Trinajstić information content (AvgIpc) is 2.38. The monoisotopic (exact) mass is 281 g/mol. The van der Waals surface area contributed by atoms with Crippen molar-refractivity contribution in [2.24, 2.45) is 5.73 Å². The molecule has 19 heavy (non-hydrogen) atoms. The summed E-state index contributed by atoms with van der Waals surface area (Å²) in [6.07, 6.45) is -0.197. The predicted octanol–water partition coefficient (Wildman–Crippen LogP) is 0.610. The molecule has 0 spiro atoms. The fourth-order valence-electron chi connectivity index (χ4n) is 2.18. The summed E-state index contributed by atoms with van der Waals surface area (Å²) in [7, 11) is 0. The molecule has 1 aliphatic heterocycles. The third kappa shape index (κ3) is 3.02. The second-order valence-electron chi connectivity index (χ2n) is 4.83. The molecule has 2 rings (SSSR count). The van der Waals surface area contributed by atoms with Gasteiger partial charge in [0, 0.05) is 12.2 Å². The molecule has 0 amide bonds. The summed E-state index contributed by atoms with van der Waals surface area (Å²) in [6.45, 7) is 5.13. The van der Waals surface area contributed by atoms with Gasteiger partial charge in [-0.1, -0.05) is 12.2 Å². The van der Waals surface area contributed by atoms with Crippen molar-refractivity contribution in [3.05, 3.63) is 23.4 Å². The third-order valence-electron chi connectivity index (χ3n) is 3.26. The fraction of sp³-hybridized carbons (Fsp3) is 0.538. The Balaban J connectivity index is 2.38. The number of morpholine rings is 1. The van der Waals surface area contributed by atoms with Crippen molar-refractivity contribution in [2.45, 2.75) is 26.0 Å². The molecule has 1 saturated heterocycles. The van der Waals surface area contributed by atoms with Crippen LogP contribution in [-0.4, -0.2) is 47.0 Å². The summed E-state index contributed by atoms with van der Waals surface area (Å²) >= 11 is 5.09. The molecule has 0 bridgehead atoms.